The van der Waals surface area contributed by atoms with E-state index in [0.29, 0.717) is 10.6 Å². The van der Waals surface area contributed by atoms with Crippen molar-refractivity contribution in [3.05, 3.63) is 55.9 Å². The molecule has 0 aliphatic heterocycles. The molecule has 0 fully saturated rings. The fraction of sp³-hybridized carbons (Fsp3) is 0.0909. The van der Waals surface area contributed by atoms with Crippen molar-refractivity contribution in [3.63, 3.8) is 0 Å². The van der Waals surface area contributed by atoms with Gasteiger partial charge in [-0.2, -0.15) is 0 Å². The molecule has 0 saturated carbocycles. The van der Waals surface area contributed by atoms with Crippen molar-refractivity contribution in [1.82, 2.24) is 0 Å². The first-order valence-electron chi connectivity index (χ1n) is 4.42. The molecular formula is C11H6BrCl2FS. The van der Waals surface area contributed by atoms with E-state index in [-0.39, 0.29) is 9.85 Å². The van der Waals surface area contributed by atoms with Gasteiger partial charge in [-0.25, -0.2) is 4.39 Å². The van der Waals surface area contributed by atoms with E-state index in [1.165, 1.54) is 17.4 Å². The van der Waals surface area contributed by atoms with E-state index < -0.39 is 5.82 Å². The summed E-state index contributed by atoms with van der Waals surface area (Å²) in [6, 6.07) is 6.72. The number of hydrogen-bond donors (Lipinski definition) is 0. The highest BCUT2D eigenvalue weighted by Gasteiger charge is 2.19. The zero-order valence-corrected chi connectivity index (χ0v) is 11.8. The van der Waals surface area contributed by atoms with Gasteiger partial charge < -0.3 is 0 Å². The van der Waals surface area contributed by atoms with Crippen LogP contribution in [0, 0.1) is 5.82 Å². The molecule has 1 aromatic carbocycles. The van der Waals surface area contributed by atoms with Crippen LogP contribution in [-0.4, -0.2) is 0 Å². The van der Waals surface area contributed by atoms with Crippen LogP contribution in [0.3, 0.4) is 0 Å². The molecule has 0 spiro atoms. The molecule has 16 heavy (non-hydrogen) atoms. The van der Waals surface area contributed by atoms with Gasteiger partial charge in [0.05, 0.1) is 14.9 Å². The molecule has 0 bridgehead atoms. The quantitative estimate of drug-likeness (QED) is 0.617. The molecule has 0 saturated heterocycles. The van der Waals surface area contributed by atoms with Gasteiger partial charge in [-0.15, -0.1) is 11.3 Å². The van der Waals surface area contributed by atoms with Crippen LogP contribution in [0.1, 0.15) is 15.3 Å². The maximum atomic E-state index is 13.8. The lowest BCUT2D eigenvalue weighted by atomic mass is 10.1. The van der Waals surface area contributed by atoms with Crippen molar-refractivity contribution in [2.75, 3.05) is 0 Å². The van der Waals surface area contributed by atoms with Crippen molar-refractivity contribution in [1.29, 1.82) is 0 Å². The predicted octanol–water partition coefficient (Wildman–Crippen LogP) is 5.68. The van der Waals surface area contributed by atoms with E-state index in [1.54, 1.807) is 18.2 Å². The Bertz CT molecular complexity index is 512. The van der Waals surface area contributed by atoms with Crippen LogP contribution in [-0.2, 0) is 0 Å². The summed E-state index contributed by atoms with van der Waals surface area (Å²) < 4.78 is 13.8. The lowest BCUT2D eigenvalue weighted by Crippen LogP contribution is -1.95. The maximum Gasteiger partial charge on any atom is 0.146 e. The van der Waals surface area contributed by atoms with Crippen molar-refractivity contribution < 1.29 is 4.39 Å². The van der Waals surface area contributed by atoms with Gasteiger partial charge >= 0.3 is 0 Å². The van der Waals surface area contributed by atoms with Crippen molar-refractivity contribution in [2.24, 2.45) is 0 Å². The molecule has 1 unspecified atom stereocenters. The SMILES string of the molecule is Fc1c(Cl)cccc1C(Br)c1sccc1Cl. The van der Waals surface area contributed by atoms with Gasteiger partial charge in [-0.05, 0) is 17.5 Å². The van der Waals surface area contributed by atoms with Gasteiger partial charge in [-0.3, -0.25) is 0 Å². The van der Waals surface area contributed by atoms with Gasteiger partial charge in [0.2, 0.25) is 0 Å². The van der Waals surface area contributed by atoms with Crippen LogP contribution >= 0.6 is 50.5 Å². The molecule has 0 nitrogen and oxygen atoms in total. The number of thiophene rings is 1. The zero-order valence-electron chi connectivity index (χ0n) is 7.88. The van der Waals surface area contributed by atoms with Gasteiger partial charge in [0.15, 0.2) is 0 Å². The van der Waals surface area contributed by atoms with Crippen LogP contribution in [0.5, 0.6) is 0 Å². The lowest BCUT2D eigenvalue weighted by molar-refractivity contribution is 0.614. The summed E-state index contributed by atoms with van der Waals surface area (Å²) in [5.74, 6) is -0.407. The molecule has 1 heterocycles. The standard InChI is InChI=1S/C11H6BrCl2FS/c12-9(11-8(14)4-5-16-11)6-2-1-3-7(13)10(6)15/h1-5,9H. The van der Waals surface area contributed by atoms with E-state index in [1.807, 2.05) is 5.38 Å². The largest absolute Gasteiger partial charge is 0.205 e. The highest BCUT2D eigenvalue weighted by Crippen LogP contribution is 2.40. The summed E-state index contributed by atoms with van der Waals surface area (Å²) in [6.07, 6.45) is 0. The highest BCUT2D eigenvalue weighted by atomic mass is 79.9. The van der Waals surface area contributed by atoms with E-state index in [9.17, 15) is 4.39 Å². The monoisotopic (exact) mass is 338 g/mol. The first kappa shape index (κ1) is 12.4. The smallest absolute Gasteiger partial charge is 0.146 e. The summed E-state index contributed by atoms with van der Waals surface area (Å²) in [5.41, 5.74) is 0.497. The minimum Gasteiger partial charge on any atom is -0.205 e. The van der Waals surface area contributed by atoms with Crippen molar-refractivity contribution in [2.45, 2.75) is 4.83 Å². The molecule has 84 valence electrons. The molecule has 2 aromatic rings. The Hall–Kier alpha value is -0.0900. The molecule has 0 N–H and O–H groups in total. The van der Waals surface area contributed by atoms with Crippen LogP contribution in [0.15, 0.2) is 29.6 Å². The summed E-state index contributed by atoms with van der Waals surface area (Å²) >= 11 is 16.7. The van der Waals surface area contributed by atoms with Crippen molar-refractivity contribution >= 4 is 50.5 Å². The van der Waals surface area contributed by atoms with Crippen LogP contribution in [0.4, 0.5) is 4.39 Å². The number of halogens is 4. The zero-order chi connectivity index (χ0) is 11.7. The molecule has 1 aromatic heterocycles. The molecule has 2 rings (SSSR count). The molecule has 0 aliphatic rings. The summed E-state index contributed by atoms with van der Waals surface area (Å²) in [4.78, 5) is 0.613. The first-order valence-corrected chi connectivity index (χ1v) is 6.97. The Kier molecular flexibility index (Phi) is 3.90. The fourth-order valence-corrected chi connectivity index (χ4v) is 3.74. The number of hydrogen-bond acceptors (Lipinski definition) is 1. The lowest BCUT2D eigenvalue weighted by Gasteiger charge is -2.10. The Morgan fingerprint density at radius 2 is 1.94 bits per heavy atom. The third-order valence-electron chi connectivity index (χ3n) is 2.13. The average molecular weight is 340 g/mol. The van der Waals surface area contributed by atoms with E-state index >= 15 is 0 Å². The number of benzene rings is 1. The second-order valence-corrected chi connectivity index (χ2v) is 5.82. The highest BCUT2D eigenvalue weighted by molar-refractivity contribution is 9.09. The minimum absolute atomic E-state index is 0.120. The van der Waals surface area contributed by atoms with Gasteiger partial charge in [0, 0.05) is 10.4 Å². The first-order chi connectivity index (χ1) is 7.61. The topological polar surface area (TPSA) is 0 Å². The molecule has 0 amide bonds. The van der Waals surface area contributed by atoms with Crippen LogP contribution < -0.4 is 0 Å². The second-order valence-electron chi connectivity index (χ2n) is 3.14. The molecular weight excluding hydrogens is 334 g/mol. The van der Waals surface area contributed by atoms with Gasteiger partial charge in [-0.1, -0.05) is 51.3 Å². The van der Waals surface area contributed by atoms with Gasteiger partial charge in [0.25, 0.3) is 0 Å². The molecule has 0 aliphatic carbocycles. The minimum atomic E-state index is -0.407. The number of rotatable bonds is 2. The Labute approximate surface area is 115 Å². The fourth-order valence-electron chi connectivity index (χ4n) is 1.34. The number of alkyl halides is 1. The third kappa shape index (κ3) is 2.28. The van der Waals surface area contributed by atoms with Crippen molar-refractivity contribution in [3.8, 4) is 0 Å². The van der Waals surface area contributed by atoms with Crippen LogP contribution in [0.25, 0.3) is 0 Å². The molecule has 5 heteroatoms. The summed E-state index contributed by atoms with van der Waals surface area (Å²) in [5, 5.41) is 2.62. The molecule has 1 atom stereocenters. The Morgan fingerprint density at radius 1 is 1.19 bits per heavy atom. The average Bonchev–Trinajstić information content (AvgIpc) is 2.68. The van der Waals surface area contributed by atoms with E-state index in [2.05, 4.69) is 15.9 Å². The van der Waals surface area contributed by atoms with Crippen LogP contribution in [0.2, 0.25) is 10.0 Å². The summed E-state index contributed by atoms with van der Waals surface area (Å²) in [7, 11) is 0. The maximum absolute atomic E-state index is 13.8. The Balaban J connectivity index is 2.46. The second kappa shape index (κ2) is 5.05. The predicted molar refractivity (Wildman–Crippen MR) is 71.5 cm³/mol. The Morgan fingerprint density at radius 3 is 2.56 bits per heavy atom. The third-order valence-corrected chi connectivity index (χ3v) is 5.10. The molecule has 0 radical (unpaired) electrons. The van der Waals surface area contributed by atoms with Gasteiger partial charge in [0.1, 0.15) is 5.82 Å². The summed E-state index contributed by atoms with van der Waals surface area (Å²) in [6.45, 7) is 0. The normalized spacial score (nSPS) is 12.8. The van der Waals surface area contributed by atoms with E-state index in [4.69, 9.17) is 23.2 Å². The van der Waals surface area contributed by atoms with E-state index in [0.717, 1.165) is 4.88 Å².